The number of amides is 3. The number of ether oxygens (including phenoxy) is 1. The van der Waals surface area contributed by atoms with Crippen LogP contribution in [0.5, 0.6) is 0 Å². The fourth-order valence-corrected chi connectivity index (χ4v) is 5.61. The number of aromatic nitrogens is 1. The monoisotopic (exact) mass is 387 g/mol. The average Bonchev–Trinajstić information content (AvgIpc) is 2.60. The van der Waals surface area contributed by atoms with E-state index >= 15 is 0 Å². The lowest BCUT2D eigenvalue weighted by atomic mass is 9.53. The van der Waals surface area contributed by atoms with E-state index in [4.69, 9.17) is 4.74 Å². The highest BCUT2D eigenvalue weighted by atomic mass is 16.6. The Labute approximate surface area is 163 Å². The van der Waals surface area contributed by atoms with Gasteiger partial charge in [-0.15, -0.1) is 0 Å². The van der Waals surface area contributed by atoms with Crippen LogP contribution >= 0.6 is 0 Å². The SMILES string of the molecule is C[C@H](OC(=O)c1cccc[n+]1[O-])C(=O)NC(=O)NC12CC3CC(CC(C3)C1)C2. The van der Waals surface area contributed by atoms with Gasteiger partial charge >= 0.3 is 17.7 Å². The molecule has 0 radical (unpaired) electrons. The van der Waals surface area contributed by atoms with Gasteiger partial charge in [0.2, 0.25) is 0 Å². The van der Waals surface area contributed by atoms with E-state index in [-0.39, 0.29) is 11.2 Å². The predicted molar refractivity (Wildman–Crippen MR) is 97.9 cm³/mol. The highest BCUT2D eigenvalue weighted by molar-refractivity contribution is 5.98. The maximum Gasteiger partial charge on any atom is 0.405 e. The summed E-state index contributed by atoms with van der Waals surface area (Å²) in [5, 5.41) is 16.9. The lowest BCUT2D eigenvalue weighted by molar-refractivity contribution is -0.608. The molecule has 0 unspecified atom stereocenters. The summed E-state index contributed by atoms with van der Waals surface area (Å²) < 4.78 is 5.39. The van der Waals surface area contributed by atoms with E-state index in [1.165, 1.54) is 50.6 Å². The van der Waals surface area contributed by atoms with E-state index in [1.807, 2.05) is 0 Å². The molecule has 0 saturated heterocycles. The van der Waals surface area contributed by atoms with Gasteiger partial charge in [0.25, 0.3) is 5.91 Å². The molecule has 0 aromatic carbocycles. The van der Waals surface area contributed by atoms with Crippen molar-refractivity contribution in [2.75, 3.05) is 0 Å². The third kappa shape index (κ3) is 3.68. The fourth-order valence-electron chi connectivity index (χ4n) is 5.61. The second-order valence-electron chi connectivity index (χ2n) is 8.60. The van der Waals surface area contributed by atoms with Crippen LogP contribution in [0.4, 0.5) is 4.79 Å². The molecule has 1 heterocycles. The topological polar surface area (TPSA) is 111 Å². The molecule has 4 fully saturated rings. The second-order valence-corrected chi connectivity index (χ2v) is 8.60. The Bertz CT molecular complexity index is 774. The van der Waals surface area contributed by atoms with E-state index < -0.39 is 24.0 Å². The van der Waals surface area contributed by atoms with Crippen LogP contribution in [0, 0.1) is 23.0 Å². The second kappa shape index (κ2) is 7.07. The minimum Gasteiger partial charge on any atom is -0.618 e. The molecule has 0 aliphatic heterocycles. The van der Waals surface area contributed by atoms with Crippen LogP contribution in [-0.2, 0) is 9.53 Å². The number of urea groups is 1. The zero-order chi connectivity index (χ0) is 19.9. The number of rotatable bonds is 4. The lowest BCUT2D eigenvalue weighted by Crippen LogP contribution is -2.62. The van der Waals surface area contributed by atoms with Crippen molar-refractivity contribution in [3.63, 3.8) is 0 Å². The average molecular weight is 387 g/mol. The Balaban J connectivity index is 1.31. The van der Waals surface area contributed by atoms with E-state index in [2.05, 4.69) is 10.6 Å². The van der Waals surface area contributed by atoms with E-state index in [0.717, 1.165) is 19.3 Å². The highest BCUT2D eigenvalue weighted by Crippen LogP contribution is 2.55. The van der Waals surface area contributed by atoms with Crippen LogP contribution in [0.2, 0.25) is 0 Å². The predicted octanol–water partition coefficient (Wildman–Crippen LogP) is 1.66. The number of hydrogen-bond donors (Lipinski definition) is 2. The van der Waals surface area contributed by atoms with Crippen molar-refractivity contribution in [3.8, 4) is 0 Å². The number of imide groups is 1. The molecule has 3 amide bonds. The van der Waals surface area contributed by atoms with Gasteiger partial charge in [-0.25, -0.2) is 9.59 Å². The summed E-state index contributed by atoms with van der Waals surface area (Å²) >= 11 is 0. The summed E-state index contributed by atoms with van der Waals surface area (Å²) in [6, 6.07) is 3.76. The standard InChI is InChI=1S/C20H25N3O5/c1-12(28-18(25)16-4-2-3-5-23(16)27)17(24)21-19(26)22-20-9-13-6-14(10-20)8-15(7-13)11-20/h2-5,12-15H,6-11H2,1H3,(H2,21,22,24,26)/t12-,13?,14?,15?,20?/m0/s1. The number of carbonyl (C=O) groups is 3. The number of nitrogens with one attached hydrogen (secondary N) is 2. The first-order valence-corrected chi connectivity index (χ1v) is 9.86. The summed E-state index contributed by atoms with van der Waals surface area (Å²) in [5.74, 6) is 0.383. The van der Waals surface area contributed by atoms with Crippen LogP contribution in [0.1, 0.15) is 55.9 Å². The van der Waals surface area contributed by atoms with Crippen LogP contribution in [-0.4, -0.2) is 29.6 Å². The van der Waals surface area contributed by atoms with Gasteiger partial charge in [-0.3, -0.25) is 10.1 Å². The summed E-state index contributed by atoms with van der Waals surface area (Å²) in [4.78, 5) is 36.7. The molecule has 8 nitrogen and oxygen atoms in total. The van der Waals surface area contributed by atoms with Crippen LogP contribution < -0.4 is 15.4 Å². The molecule has 2 N–H and O–H groups in total. The molecule has 8 heteroatoms. The maximum absolute atomic E-state index is 12.4. The van der Waals surface area contributed by atoms with Crippen molar-refractivity contribution in [2.45, 2.75) is 57.1 Å². The third-order valence-corrected chi connectivity index (χ3v) is 6.34. The zero-order valence-corrected chi connectivity index (χ0v) is 15.8. The Hall–Kier alpha value is -2.64. The summed E-state index contributed by atoms with van der Waals surface area (Å²) in [5.41, 5.74) is -0.433. The maximum atomic E-state index is 12.4. The van der Waals surface area contributed by atoms with Gasteiger partial charge in [0, 0.05) is 17.7 Å². The lowest BCUT2D eigenvalue weighted by Gasteiger charge is -2.56. The van der Waals surface area contributed by atoms with E-state index in [9.17, 15) is 19.6 Å². The van der Waals surface area contributed by atoms with Crippen LogP contribution in [0.15, 0.2) is 24.4 Å². The molecule has 5 rings (SSSR count). The molecule has 4 bridgehead atoms. The quantitative estimate of drug-likeness (QED) is 0.464. The van der Waals surface area contributed by atoms with Gasteiger partial charge in [0.1, 0.15) is 0 Å². The Morgan fingerprint density at radius 3 is 2.32 bits per heavy atom. The van der Waals surface area contributed by atoms with Crippen molar-refractivity contribution in [1.82, 2.24) is 10.6 Å². The van der Waals surface area contributed by atoms with Crippen LogP contribution in [0.3, 0.4) is 0 Å². The minimum absolute atomic E-state index is 0.211. The van der Waals surface area contributed by atoms with Gasteiger partial charge < -0.3 is 15.3 Å². The minimum atomic E-state index is -1.20. The summed E-state index contributed by atoms with van der Waals surface area (Å²) in [6.45, 7) is 1.36. The van der Waals surface area contributed by atoms with Gasteiger partial charge in [-0.2, -0.15) is 4.73 Å². The van der Waals surface area contributed by atoms with Gasteiger partial charge in [-0.05, 0) is 69.3 Å². The summed E-state index contributed by atoms with van der Waals surface area (Å²) in [6.07, 6.45) is 6.67. The molecule has 1 aromatic heterocycles. The van der Waals surface area contributed by atoms with Crippen molar-refractivity contribution < 1.29 is 23.9 Å². The summed E-state index contributed by atoms with van der Waals surface area (Å²) in [7, 11) is 0. The van der Waals surface area contributed by atoms with Gasteiger partial charge in [-0.1, -0.05) is 0 Å². The molecular formula is C20H25N3O5. The molecule has 4 saturated carbocycles. The largest absolute Gasteiger partial charge is 0.618 e. The third-order valence-electron chi connectivity index (χ3n) is 6.34. The van der Waals surface area contributed by atoms with Crippen molar-refractivity contribution in [3.05, 3.63) is 35.3 Å². The number of carbonyl (C=O) groups excluding carboxylic acids is 3. The first-order chi connectivity index (χ1) is 13.3. The molecule has 1 aromatic rings. The Kier molecular flexibility index (Phi) is 4.72. The molecule has 28 heavy (non-hydrogen) atoms. The smallest absolute Gasteiger partial charge is 0.405 e. The zero-order valence-electron chi connectivity index (χ0n) is 15.8. The van der Waals surface area contributed by atoms with Crippen LogP contribution in [0.25, 0.3) is 0 Å². The molecule has 4 aliphatic rings. The van der Waals surface area contributed by atoms with Gasteiger partial charge in [0.05, 0.1) is 0 Å². The van der Waals surface area contributed by atoms with Crippen molar-refractivity contribution >= 4 is 17.9 Å². The number of esters is 1. The van der Waals surface area contributed by atoms with E-state index in [1.54, 1.807) is 0 Å². The normalized spacial score (nSPS) is 31.1. The molecule has 1 atom stereocenters. The first kappa shape index (κ1) is 18.7. The van der Waals surface area contributed by atoms with E-state index in [0.29, 0.717) is 22.5 Å². The molecule has 150 valence electrons. The molecular weight excluding hydrogens is 362 g/mol. The number of hydrogen-bond acceptors (Lipinski definition) is 5. The molecule has 0 spiro atoms. The van der Waals surface area contributed by atoms with Gasteiger partial charge in [0.15, 0.2) is 12.3 Å². The number of nitrogens with zero attached hydrogens (tertiary/aromatic N) is 1. The Morgan fingerprint density at radius 2 is 1.75 bits per heavy atom. The van der Waals surface area contributed by atoms with Crippen molar-refractivity contribution in [1.29, 1.82) is 0 Å². The fraction of sp³-hybridized carbons (Fsp3) is 0.600. The molecule has 4 aliphatic carbocycles. The first-order valence-electron chi connectivity index (χ1n) is 9.86. The van der Waals surface area contributed by atoms with Crippen molar-refractivity contribution in [2.24, 2.45) is 17.8 Å². The number of pyridine rings is 1. The Morgan fingerprint density at radius 1 is 1.14 bits per heavy atom. The highest BCUT2D eigenvalue weighted by Gasteiger charge is 2.51.